The van der Waals surface area contributed by atoms with Gasteiger partial charge in [-0.1, -0.05) is 35.7 Å². The molecule has 1 aromatic carbocycles. The number of nitro groups is 1. The van der Waals surface area contributed by atoms with Crippen LogP contribution in [0.2, 0.25) is 0 Å². The molecule has 0 amide bonds. The smallest absolute Gasteiger partial charge is 0.269 e. The summed E-state index contributed by atoms with van der Waals surface area (Å²) in [5.41, 5.74) is 2.25. The van der Waals surface area contributed by atoms with Crippen LogP contribution in [0.3, 0.4) is 0 Å². The van der Waals surface area contributed by atoms with Crippen molar-refractivity contribution < 1.29 is 4.92 Å². The van der Waals surface area contributed by atoms with E-state index in [2.05, 4.69) is 34.8 Å². The summed E-state index contributed by atoms with van der Waals surface area (Å²) in [5.74, 6) is 0.765. The van der Waals surface area contributed by atoms with Gasteiger partial charge in [-0.25, -0.2) is 0 Å². The number of nitrogens with zero attached hydrogens (tertiary/aromatic N) is 2. The predicted octanol–water partition coefficient (Wildman–Crippen LogP) is 4.50. The first kappa shape index (κ1) is 15.3. The molecule has 20 heavy (non-hydrogen) atoms. The molecule has 110 valence electrons. The molecule has 5 heteroatoms. The summed E-state index contributed by atoms with van der Waals surface area (Å²) >= 11 is 3.45. The number of alkyl halides is 1. The lowest BCUT2D eigenvalue weighted by atomic mass is 9.86. The fraction of sp³-hybridized carbons (Fsp3) is 0.600. The van der Waals surface area contributed by atoms with Gasteiger partial charge in [0.25, 0.3) is 5.69 Å². The van der Waals surface area contributed by atoms with E-state index in [9.17, 15) is 10.1 Å². The van der Waals surface area contributed by atoms with E-state index < -0.39 is 0 Å². The summed E-state index contributed by atoms with van der Waals surface area (Å²) in [6, 6.07) is 5.70. The van der Waals surface area contributed by atoms with Crippen molar-refractivity contribution in [3.8, 4) is 0 Å². The van der Waals surface area contributed by atoms with Gasteiger partial charge < -0.3 is 4.90 Å². The first-order valence-electron chi connectivity index (χ1n) is 7.09. The first-order chi connectivity index (χ1) is 9.52. The average molecular weight is 341 g/mol. The van der Waals surface area contributed by atoms with Crippen LogP contribution >= 0.6 is 15.9 Å². The van der Waals surface area contributed by atoms with Crippen LogP contribution in [0.4, 0.5) is 11.4 Å². The Bertz CT molecular complexity index is 493. The summed E-state index contributed by atoms with van der Waals surface area (Å²) < 4.78 is 0. The van der Waals surface area contributed by atoms with Gasteiger partial charge in [-0.2, -0.15) is 0 Å². The molecule has 2 atom stereocenters. The lowest BCUT2D eigenvalue weighted by Gasteiger charge is -2.36. The summed E-state index contributed by atoms with van der Waals surface area (Å²) in [6.45, 7) is 2.31. The zero-order chi connectivity index (χ0) is 14.7. The number of benzene rings is 1. The van der Waals surface area contributed by atoms with Crippen molar-refractivity contribution in [1.29, 1.82) is 0 Å². The van der Waals surface area contributed by atoms with E-state index in [1.165, 1.54) is 25.7 Å². The van der Waals surface area contributed by atoms with Crippen LogP contribution in [0.25, 0.3) is 0 Å². The minimum atomic E-state index is -0.335. The van der Waals surface area contributed by atoms with Crippen molar-refractivity contribution in [2.45, 2.75) is 44.0 Å². The van der Waals surface area contributed by atoms with Gasteiger partial charge in [0, 0.05) is 36.2 Å². The monoisotopic (exact) mass is 340 g/mol. The highest BCUT2D eigenvalue weighted by atomic mass is 79.9. The van der Waals surface area contributed by atoms with Crippen LogP contribution in [0.1, 0.15) is 38.2 Å². The van der Waals surface area contributed by atoms with E-state index >= 15 is 0 Å². The highest BCUT2D eigenvalue weighted by Gasteiger charge is 2.24. The normalized spacial score (nSPS) is 22.6. The number of hydrogen-bond donors (Lipinski definition) is 0. The van der Waals surface area contributed by atoms with Gasteiger partial charge in [0.05, 0.1) is 4.92 Å². The van der Waals surface area contributed by atoms with Crippen LogP contribution in [0.15, 0.2) is 18.2 Å². The van der Waals surface area contributed by atoms with Crippen LogP contribution in [0, 0.1) is 16.0 Å². The molecule has 2 unspecified atom stereocenters. The molecular weight excluding hydrogens is 320 g/mol. The molecule has 0 spiro atoms. The Hall–Kier alpha value is -1.10. The summed E-state index contributed by atoms with van der Waals surface area (Å²) in [6.07, 6.45) is 5.00. The maximum absolute atomic E-state index is 10.9. The second-order valence-corrected chi connectivity index (χ2v) is 6.30. The van der Waals surface area contributed by atoms with Crippen molar-refractivity contribution >= 4 is 27.3 Å². The lowest BCUT2D eigenvalue weighted by Crippen LogP contribution is -2.36. The Morgan fingerprint density at radius 3 is 2.80 bits per heavy atom. The molecule has 0 saturated heterocycles. The summed E-state index contributed by atoms with van der Waals surface area (Å²) in [4.78, 5) is 12.8. The Morgan fingerprint density at radius 1 is 1.45 bits per heavy atom. The fourth-order valence-corrected chi connectivity index (χ4v) is 3.54. The maximum Gasteiger partial charge on any atom is 0.269 e. The van der Waals surface area contributed by atoms with E-state index in [0.29, 0.717) is 11.4 Å². The SMILES string of the molecule is CC1CCCC(N(C)c2ccc([N+](=O)[O-])cc2CBr)C1. The van der Waals surface area contributed by atoms with Crippen LogP contribution in [-0.2, 0) is 5.33 Å². The number of halogens is 1. The van der Waals surface area contributed by atoms with Gasteiger partial charge >= 0.3 is 0 Å². The highest BCUT2D eigenvalue weighted by Crippen LogP contribution is 2.33. The predicted molar refractivity (Wildman–Crippen MR) is 85.6 cm³/mol. The lowest BCUT2D eigenvalue weighted by molar-refractivity contribution is -0.384. The van der Waals surface area contributed by atoms with E-state index in [1.807, 2.05) is 6.07 Å². The van der Waals surface area contributed by atoms with Gasteiger partial charge in [-0.05, 0) is 30.4 Å². The molecule has 0 aromatic heterocycles. The van der Waals surface area contributed by atoms with Gasteiger partial charge in [0.15, 0.2) is 0 Å². The van der Waals surface area contributed by atoms with E-state index in [0.717, 1.165) is 17.2 Å². The van der Waals surface area contributed by atoms with Crippen LogP contribution in [0.5, 0.6) is 0 Å². The average Bonchev–Trinajstić information content (AvgIpc) is 2.45. The number of anilines is 1. The van der Waals surface area contributed by atoms with Gasteiger partial charge in [-0.15, -0.1) is 0 Å². The Kier molecular flexibility index (Phi) is 5.02. The molecule has 1 fully saturated rings. The van der Waals surface area contributed by atoms with Crippen molar-refractivity contribution in [2.24, 2.45) is 5.92 Å². The highest BCUT2D eigenvalue weighted by molar-refractivity contribution is 9.08. The second-order valence-electron chi connectivity index (χ2n) is 5.74. The standard InChI is InChI=1S/C15H21BrN2O2/c1-11-4-3-5-13(8-11)17(2)15-7-6-14(18(19)20)9-12(15)10-16/h6-7,9,11,13H,3-5,8,10H2,1-2H3. The Balaban J connectivity index is 2.24. The van der Waals surface area contributed by atoms with Crippen molar-refractivity contribution in [3.63, 3.8) is 0 Å². The molecule has 2 rings (SSSR count). The molecule has 0 heterocycles. The molecule has 1 saturated carbocycles. The quantitative estimate of drug-likeness (QED) is 0.460. The fourth-order valence-electron chi connectivity index (χ4n) is 3.09. The van der Waals surface area contributed by atoms with E-state index in [4.69, 9.17) is 0 Å². The minimum absolute atomic E-state index is 0.161. The van der Waals surface area contributed by atoms with Gasteiger partial charge in [0.2, 0.25) is 0 Å². The minimum Gasteiger partial charge on any atom is -0.371 e. The molecule has 1 aromatic rings. The third kappa shape index (κ3) is 3.32. The molecule has 0 bridgehead atoms. The number of rotatable bonds is 4. The second kappa shape index (κ2) is 6.57. The van der Waals surface area contributed by atoms with Gasteiger partial charge in [-0.3, -0.25) is 10.1 Å². The van der Waals surface area contributed by atoms with E-state index in [1.54, 1.807) is 12.1 Å². The molecule has 1 aliphatic rings. The maximum atomic E-state index is 10.9. The Labute approximate surface area is 128 Å². The zero-order valence-corrected chi connectivity index (χ0v) is 13.6. The van der Waals surface area contributed by atoms with Crippen LogP contribution < -0.4 is 4.90 Å². The largest absolute Gasteiger partial charge is 0.371 e. The third-order valence-corrected chi connectivity index (χ3v) is 4.86. The summed E-state index contributed by atoms with van der Waals surface area (Å²) in [7, 11) is 2.11. The van der Waals surface area contributed by atoms with Crippen LogP contribution in [-0.4, -0.2) is 18.0 Å². The molecule has 0 radical (unpaired) electrons. The topological polar surface area (TPSA) is 46.4 Å². The molecule has 1 aliphatic carbocycles. The number of non-ortho nitro benzene ring substituents is 1. The van der Waals surface area contributed by atoms with Crippen molar-refractivity contribution in [2.75, 3.05) is 11.9 Å². The van der Waals surface area contributed by atoms with Gasteiger partial charge in [0.1, 0.15) is 0 Å². The molecule has 0 aliphatic heterocycles. The first-order valence-corrected chi connectivity index (χ1v) is 8.21. The molecular formula is C15H21BrN2O2. The molecule has 0 N–H and O–H groups in total. The summed E-state index contributed by atoms with van der Waals surface area (Å²) in [5, 5.41) is 11.5. The van der Waals surface area contributed by atoms with Crippen molar-refractivity contribution in [3.05, 3.63) is 33.9 Å². The third-order valence-electron chi connectivity index (χ3n) is 4.25. The van der Waals surface area contributed by atoms with E-state index in [-0.39, 0.29) is 10.6 Å². The van der Waals surface area contributed by atoms with Crippen molar-refractivity contribution in [1.82, 2.24) is 0 Å². The number of nitro benzene ring substituents is 1. The Morgan fingerprint density at radius 2 is 2.20 bits per heavy atom. The zero-order valence-electron chi connectivity index (χ0n) is 12.0. The number of hydrogen-bond acceptors (Lipinski definition) is 3. The molecule has 4 nitrogen and oxygen atoms in total.